The molecule has 1 heterocycles. The highest BCUT2D eigenvalue weighted by Gasteiger charge is 2.40. The third-order valence-electron chi connectivity index (χ3n) is 6.78. The summed E-state index contributed by atoms with van der Waals surface area (Å²) in [5.41, 5.74) is 7.87. The molecule has 0 bridgehead atoms. The van der Waals surface area contributed by atoms with Crippen molar-refractivity contribution in [3.05, 3.63) is 53.1 Å². The smallest absolute Gasteiger partial charge is 0.344 e. The van der Waals surface area contributed by atoms with E-state index in [1.807, 2.05) is 18.2 Å². The second-order valence-corrected chi connectivity index (χ2v) is 9.77. The van der Waals surface area contributed by atoms with E-state index >= 15 is 0 Å². The number of hydrazone groups is 1. The Labute approximate surface area is 218 Å². The largest absolute Gasteiger partial charge is 0.486 e. The number of hydrogen-bond acceptors (Lipinski definition) is 6. The molecule has 0 atom stereocenters. The van der Waals surface area contributed by atoms with E-state index in [0.29, 0.717) is 23.9 Å². The second kappa shape index (κ2) is 11.7. The fraction of sp³-hybridized carbons (Fsp3) is 0.464. The number of para-hydroxylation sites is 1. The first-order valence-electron chi connectivity index (χ1n) is 12.8. The van der Waals surface area contributed by atoms with Crippen LogP contribution < -0.4 is 20.2 Å². The van der Waals surface area contributed by atoms with Crippen molar-refractivity contribution in [3.8, 4) is 11.5 Å². The number of nitrogens with one attached hydrogen (secondary N) is 2. The van der Waals surface area contributed by atoms with Crippen LogP contribution in [0, 0.1) is 6.92 Å². The van der Waals surface area contributed by atoms with Gasteiger partial charge in [0.05, 0.1) is 12.3 Å². The lowest BCUT2D eigenvalue weighted by Crippen LogP contribution is -2.44. The minimum absolute atomic E-state index is 0.146. The molecule has 2 aliphatic rings. The Morgan fingerprint density at radius 3 is 2.72 bits per heavy atom. The number of nitrogens with zero attached hydrogens (tertiary/aromatic N) is 1. The van der Waals surface area contributed by atoms with Gasteiger partial charge in [-0.2, -0.15) is 5.10 Å². The number of carbonyl (C=O) groups is 1. The van der Waals surface area contributed by atoms with Gasteiger partial charge in [-0.3, -0.25) is 5.43 Å². The molecule has 0 amide bonds. The van der Waals surface area contributed by atoms with E-state index in [4.69, 9.17) is 31.5 Å². The number of esters is 1. The van der Waals surface area contributed by atoms with Gasteiger partial charge in [-0.25, -0.2) is 4.79 Å². The van der Waals surface area contributed by atoms with Crippen LogP contribution in [-0.2, 0) is 16.0 Å². The number of carbonyl (C=O) groups excluding carboxylic acids is 1. The van der Waals surface area contributed by atoms with Gasteiger partial charge in [-0.05, 0) is 87.5 Å². The Morgan fingerprint density at radius 1 is 1.17 bits per heavy atom. The van der Waals surface area contributed by atoms with Crippen molar-refractivity contribution < 1.29 is 19.0 Å². The summed E-state index contributed by atoms with van der Waals surface area (Å²) < 4.78 is 17.2. The maximum absolute atomic E-state index is 11.7. The Balaban J connectivity index is 1.56. The Kier molecular flexibility index (Phi) is 8.46. The highest BCUT2D eigenvalue weighted by atomic mass is 32.1. The summed E-state index contributed by atoms with van der Waals surface area (Å²) in [5.74, 6) is 0.936. The van der Waals surface area contributed by atoms with Gasteiger partial charge in [0.15, 0.2) is 11.7 Å². The number of hydrogen-bond donors (Lipinski definition) is 2. The summed E-state index contributed by atoms with van der Waals surface area (Å²) in [6, 6.07) is 11.8. The minimum atomic E-state index is -0.401. The summed E-state index contributed by atoms with van der Waals surface area (Å²) in [4.78, 5) is 11.7. The molecule has 2 N–H and O–H groups in total. The lowest BCUT2D eigenvalue weighted by Gasteiger charge is -2.41. The standard InChI is InChI=1S/C28H35N3O4S/c1-4-20-11-9-10-19(3)26(20)29-27(36)31-30-23-17-28(14-7-6-8-15-28)35-24-13-12-21(16-22(23)24)34-18-25(32)33-5-2/h9-13,16H,4-8,14-15,17-18H2,1-3H3,(H2,29,31,36)/b30-23-. The van der Waals surface area contributed by atoms with Gasteiger partial charge in [0.2, 0.25) is 0 Å². The van der Waals surface area contributed by atoms with Crippen molar-refractivity contribution in [1.29, 1.82) is 0 Å². The third-order valence-corrected chi connectivity index (χ3v) is 6.97. The number of ether oxygens (including phenoxy) is 3. The minimum Gasteiger partial charge on any atom is -0.486 e. The molecule has 8 heteroatoms. The van der Waals surface area contributed by atoms with Crippen molar-refractivity contribution in [2.45, 2.75) is 71.3 Å². The van der Waals surface area contributed by atoms with Crippen LogP contribution in [0.1, 0.15) is 69.1 Å². The zero-order chi connectivity index (χ0) is 25.5. The molecule has 1 saturated carbocycles. The first-order chi connectivity index (χ1) is 17.4. The van der Waals surface area contributed by atoms with Gasteiger partial charge in [0, 0.05) is 17.7 Å². The molecule has 1 fully saturated rings. The highest BCUT2D eigenvalue weighted by Crippen LogP contribution is 2.43. The van der Waals surface area contributed by atoms with E-state index in [9.17, 15) is 4.79 Å². The Hall–Kier alpha value is -3.13. The first kappa shape index (κ1) is 25.9. The number of benzene rings is 2. The summed E-state index contributed by atoms with van der Waals surface area (Å²) in [5, 5.41) is 8.52. The molecule has 0 unspecified atom stereocenters. The number of rotatable bonds is 7. The van der Waals surface area contributed by atoms with E-state index < -0.39 is 5.97 Å². The molecule has 7 nitrogen and oxygen atoms in total. The number of thiocarbonyl (C=S) groups is 1. The molecule has 0 radical (unpaired) electrons. The predicted octanol–water partition coefficient (Wildman–Crippen LogP) is 5.68. The van der Waals surface area contributed by atoms with Crippen molar-refractivity contribution in [2.75, 3.05) is 18.5 Å². The first-order valence-corrected chi connectivity index (χ1v) is 13.2. The molecule has 192 valence electrons. The summed E-state index contributed by atoms with van der Waals surface area (Å²) in [6.07, 6.45) is 7.10. The molecule has 0 saturated heterocycles. The SMILES string of the molecule is CCOC(=O)COc1ccc2c(c1)/C(=N\NC(=S)Nc1c(C)cccc1CC)CC1(CCCCC1)O2. The van der Waals surface area contributed by atoms with Gasteiger partial charge in [0.1, 0.15) is 17.1 Å². The van der Waals surface area contributed by atoms with Crippen LogP contribution in [0.3, 0.4) is 0 Å². The van der Waals surface area contributed by atoms with Crippen molar-refractivity contribution in [2.24, 2.45) is 5.10 Å². The van der Waals surface area contributed by atoms with Crippen LogP contribution in [0.15, 0.2) is 41.5 Å². The van der Waals surface area contributed by atoms with Crippen LogP contribution in [0.5, 0.6) is 11.5 Å². The fourth-order valence-electron chi connectivity index (χ4n) is 4.96. The lowest BCUT2D eigenvalue weighted by molar-refractivity contribution is -0.145. The normalized spacial score (nSPS) is 17.1. The Morgan fingerprint density at radius 2 is 1.97 bits per heavy atom. The van der Waals surface area contributed by atoms with Crippen LogP contribution in [0.4, 0.5) is 5.69 Å². The second-order valence-electron chi connectivity index (χ2n) is 9.36. The van der Waals surface area contributed by atoms with Gasteiger partial charge in [-0.15, -0.1) is 0 Å². The molecular formula is C28H35N3O4S. The van der Waals surface area contributed by atoms with Gasteiger partial charge in [0.25, 0.3) is 0 Å². The molecule has 1 aliphatic carbocycles. The molecule has 36 heavy (non-hydrogen) atoms. The zero-order valence-electron chi connectivity index (χ0n) is 21.3. The van der Waals surface area contributed by atoms with Gasteiger partial charge < -0.3 is 19.5 Å². The van der Waals surface area contributed by atoms with Gasteiger partial charge >= 0.3 is 5.97 Å². The summed E-state index contributed by atoms with van der Waals surface area (Å²) >= 11 is 5.60. The molecule has 2 aromatic carbocycles. The molecule has 1 aliphatic heterocycles. The monoisotopic (exact) mass is 509 g/mol. The van der Waals surface area contributed by atoms with Crippen LogP contribution in [0.25, 0.3) is 0 Å². The summed E-state index contributed by atoms with van der Waals surface area (Å²) in [6.45, 7) is 6.13. The van der Waals surface area contributed by atoms with E-state index in [1.54, 1.807) is 6.92 Å². The molecule has 4 rings (SSSR count). The maximum Gasteiger partial charge on any atom is 0.344 e. The van der Waals surface area contributed by atoms with Crippen LogP contribution in [0.2, 0.25) is 0 Å². The van der Waals surface area contributed by atoms with Crippen LogP contribution >= 0.6 is 12.2 Å². The summed E-state index contributed by atoms with van der Waals surface area (Å²) in [7, 11) is 0. The quantitative estimate of drug-likeness (QED) is 0.283. The average molecular weight is 510 g/mol. The van der Waals surface area contributed by atoms with Gasteiger partial charge in [-0.1, -0.05) is 31.5 Å². The number of fused-ring (bicyclic) bond motifs is 1. The van der Waals surface area contributed by atoms with Crippen molar-refractivity contribution >= 4 is 34.7 Å². The zero-order valence-corrected chi connectivity index (χ0v) is 22.1. The molecule has 0 aromatic heterocycles. The van der Waals surface area contributed by atoms with Crippen molar-refractivity contribution in [1.82, 2.24) is 5.43 Å². The number of aryl methyl sites for hydroxylation is 2. The molecule has 1 spiro atoms. The van der Waals surface area contributed by atoms with E-state index in [1.165, 1.54) is 12.0 Å². The topological polar surface area (TPSA) is 81.2 Å². The van der Waals surface area contributed by atoms with E-state index in [-0.39, 0.29) is 12.2 Å². The molecule has 2 aromatic rings. The Bertz CT molecular complexity index is 1140. The predicted molar refractivity (Wildman–Crippen MR) is 146 cm³/mol. The maximum atomic E-state index is 11.7. The molecular weight excluding hydrogens is 474 g/mol. The fourth-order valence-corrected chi connectivity index (χ4v) is 5.11. The highest BCUT2D eigenvalue weighted by molar-refractivity contribution is 7.80. The van der Waals surface area contributed by atoms with E-state index in [0.717, 1.165) is 60.4 Å². The average Bonchev–Trinajstić information content (AvgIpc) is 2.88. The van der Waals surface area contributed by atoms with Crippen LogP contribution in [-0.4, -0.2) is 35.6 Å². The third kappa shape index (κ3) is 6.16. The number of anilines is 1. The van der Waals surface area contributed by atoms with E-state index in [2.05, 4.69) is 42.8 Å². The van der Waals surface area contributed by atoms with Crippen molar-refractivity contribution in [3.63, 3.8) is 0 Å². The lowest BCUT2D eigenvalue weighted by atomic mass is 9.78.